The first-order valence-electron chi connectivity index (χ1n) is 4.37. The van der Waals surface area contributed by atoms with E-state index in [1.165, 1.54) is 0 Å². The molecule has 0 aliphatic rings. The van der Waals surface area contributed by atoms with Crippen LogP contribution in [0, 0.1) is 0 Å². The van der Waals surface area contributed by atoms with Crippen LogP contribution in [0.25, 0.3) is 5.57 Å². The van der Waals surface area contributed by atoms with E-state index in [1.807, 2.05) is 32.9 Å². The lowest BCUT2D eigenvalue weighted by Gasteiger charge is -2.20. The van der Waals surface area contributed by atoms with Gasteiger partial charge in [0.25, 0.3) is 0 Å². The number of hydrogen-bond donors (Lipinski definition) is 0. The normalized spacial score (nSPS) is 11.4. The number of alkyl halides is 1. The lowest BCUT2D eigenvalue weighted by Crippen LogP contribution is -2.09. The summed E-state index contributed by atoms with van der Waals surface area (Å²) in [6.07, 6.45) is 0. The summed E-state index contributed by atoms with van der Waals surface area (Å²) in [6, 6.07) is 8.13. The maximum Gasteiger partial charge on any atom is 0.0644 e. The first kappa shape index (κ1) is 10.3. The Bertz CT molecular complexity index is 318. The smallest absolute Gasteiger partial charge is 0.0644 e. The van der Waals surface area contributed by atoms with E-state index in [1.54, 1.807) is 0 Å². The Labute approximate surface area is 85.2 Å². The summed E-state index contributed by atoms with van der Waals surface area (Å²) < 4.78 is 0. The molecule has 0 radical (unpaired) electrons. The molecule has 0 unspecified atom stereocenters. The average molecular weight is 195 g/mol. The summed E-state index contributed by atoms with van der Waals surface area (Å²) in [6.45, 7) is 9.94. The molecule has 13 heavy (non-hydrogen) atoms. The summed E-state index contributed by atoms with van der Waals surface area (Å²) in [5, 5.41) is 0. The number of hydrogen-bond acceptors (Lipinski definition) is 0. The molecule has 0 bridgehead atoms. The van der Waals surface area contributed by atoms with Gasteiger partial charge in [-0.25, -0.2) is 0 Å². The van der Waals surface area contributed by atoms with Gasteiger partial charge < -0.3 is 0 Å². The van der Waals surface area contributed by atoms with Crippen molar-refractivity contribution >= 4 is 17.2 Å². The summed E-state index contributed by atoms with van der Waals surface area (Å²) in [5.41, 5.74) is 3.36. The SMILES string of the molecule is C=C(C)c1ccccc1C(C)(C)Cl. The molecular formula is C12H15Cl. The van der Waals surface area contributed by atoms with Gasteiger partial charge in [-0.1, -0.05) is 36.4 Å². The highest BCUT2D eigenvalue weighted by Crippen LogP contribution is 2.32. The number of benzene rings is 1. The maximum absolute atomic E-state index is 6.27. The van der Waals surface area contributed by atoms with Crippen molar-refractivity contribution in [3.8, 4) is 0 Å². The second-order valence-corrected chi connectivity index (χ2v) is 4.74. The highest BCUT2D eigenvalue weighted by atomic mass is 35.5. The van der Waals surface area contributed by atoms with Gasteiger partial charge >= 0.3 is 0 Å². The van der Waals surface area contributed by atoms with Crippen LogP contribution in [-0.4, -0.2) is 0 Å². The maximum atomic E-state index is 6.27. The van der Waals surface area contributed by atoms with E-state index < -0.39 is 0 Å². The molecule has 1 aromatic rings. The first-order chi connectivity index (χ1) is 5.93. The third-order valence-electron chi connectivity index (χ3n) is 2.03. The van der Waals surface area contributed by atoms with Crippen molar-refractivity contribution in [3.63, 3.8) is 0 Å². The molecule has 70 valence electrons. The van der Waals surface area contributed by atoms with Crippen LogP contribution >= 0.6 is 11.6 Å². The molecule has 0 amide bonds. The van der Waals surface area contributed by atoms with Crippen LogP contribution in [-0.2, 0) is 4.87 Å². The molecule has 1 rings (SSSR count). The van der Waals surface area contributed by atoms with E-state index in [9.17, 15) is 0 Å². The van der Waals surface area contributed by atoms with E-state index in [-0.39, 0.29) is 4.87 Å². The Balaban J connectivity index is 3.28. The predicted molar refractivity (Wildman–Crippen MR) is 60.0 cm³/mol. The Kier molecular flexibility index (Phi) is 2.82. The third-order valence-corrected chi connectivity index (χ3v) is 2.23. The minimum absolute atomic E-state index is 0.324. The second-order valence-electron chi connectivity index (χ2n) is 3.80. The van der Waals surface area contributed by atoms with Crippen LogP contribution < -0.4 is 0 Å². The molecule has 0 spiro atoms. The van der Waals surface area contributed by atoms with Gasteiger partial charge in [-0.2, -0.15) is 0 Å². The van der Waals surface area contributed by atoms with Gasteiger partial charge in [0.05, 0.1) is 4.87 Å². The van der Waals surface area contributed by atoms with Gasteiger partial charge in [-0.05, 0) is 31.9 Å². The Morgan fingerprint density at radius 1 is 1.31 bits per heavy atom. The molecule has 0 heterocycles. The van der Waals surface area contributed by atoms with Crippen LogP contribution in [0.3, 0.4) is 0 Å². The summed E-state index contributed by atoms with van der Waals surface area (Å²) in [7, 11) is 0. The van der Waals surface area contributed by atoms with Crippen molar-refractivity contribution in [2.24, 2.45) is 0 Å². The number of halogens is 1. The summed E-state index contributed by atoms with van der Waals surface area (Å²) >= 11 is 6.27. The van der Waals surface area contributed by atoms with Crippen molar-refractivity contribution < 1.29 is 0 Å². The van der Waals surface area contributed by atoms with Gasteiger partial charge in [0.2, 0.25) is 0 Å². The molecule has 0 nitrogen and oxygen atoms in total. The molecule has 0 aromatic heterocycles. The molecule has 0 N–H and O–H groups in total. The lowest BCUT2D eigenvalue weighted by atomic mass is 9.93. The fourth-order valence-corrected chi connectivity index (χ4v) is 1.54. The molecule has 0 saturated heterocycles. The number of allylic oxidation sites excluding steroid dienone is 1. The van der Waals surface area contributed by atoms with Crippen molar-refractivity contribution in [2.75, 3.05) is 0 Å². The van der Waals surface area contributed by atoms with Crippen LogP contribution in [0.15, 0.2) is 30.8 Å². The average Bonchev–Trinajstić information content (AvgIpc) is 2.03. The molecule has 0 aliphatic heterocycles. The van der Waals surface area contributed by atoms with Gasteiger partial charge in [0, 0.05) is 0 Å². The van der Waals surface area contributed by atoms with Crippen molar-refractivity contribution in [3.05, 3.63) is 42.0 Å². The zero-order chi connectivity index (χ0) is 10.1. The van der Waals surface area contributed by atoms with Crippen molar-refractivity contribution in [2.45, 2.75) is 25.6 Å². The van der Waals surface area contributed by atoms with Crippen LogP contribution in [0.5, 0.6) is 0 Å². The summed E-state index contributed by atoms with van der Waals surface area (Å²) in [5.74, 6) is 0. The molecule has 1 aromatic carbocycles. The molecule has 0 saturated carbocycles. The topological polar surface area (TPSA) is 0 Å². The largest absolute Gasteiger partial charge is 0.115 e. The van der Waals surface area contributed by atoms with Crippen molar-refractivity contribution in [1.29, 1.82) is 0 Å². The Morgan fingerprint density at radius 2 is 1.85 bits per heavy atom. The summed E-state index contributed by atoms with van der Waals surface area (Å²) in [4.78, 5) is -0.324. The minimum Gasteiger partial charge on any atom is -0.115 e. The van der Waals surface area contributed by atoms with Crippen LogP contribution in [0.1, 0.15) is 31.9 Å². The minimum atomic E-state index is -0.324. The first-order valence-corrected chi connectivity index (χ1v) is 4.75. The van der Waals surface area contributed by atoms with E-state index in [0.717, 1.165) is 16.7 Å². The van der Waals surface area contributed by atoms with Gasteiger partial charge in [-0.15, -0.1) is 11.6 Å². The Morgan fingerprint density at radius 3 is 2.23 bits per heavy atom. The number of rotatable bonds is 2. The van der Waals surface area contributed by atoms with Crippen molar-refractivity contribution in [1.82, 2.24) is 0 Å². The quantitative estimate of drug-likeness (QED) is 0.620. The van der Waals surface area contributed by atoms with Gasteiger partial charge in [0.15, 0.2) is 0 Å². The molecule has 0 fully saturated rings. The highest BCUT2D eigenvalue weighted by molar-refractivity contribution is 6.23. The predicted octanol–water partition coefficient (Wildman–Crippen LogP) is 4.19. The van der Waals surface area contributed by atoms with E-state index >= 15 is 0 Å². The van der Waals surface area contributed by atoms with Gasteiger partial charge in [0.1, 0.15) is 0 Å². The zero-order valence-electron chi connectivity index (χ0n) is 8.39. The fraction of sp³-hybridized carbons (Fsp3) is 0.333. The van der Waals surface area contributed by atoms with E-state index in [0.29, 0.717) is 0 Å². The Hall–Kier alpha value is -0.750. The highest BCUT2D eigenvalue weighted by Gasteiger charge is 2.19. The second kappa shape index (κ2) is 3.55. The molecule has 1 heteroatoms. The van der Waals surface area contributed by atoms with E-state index in [2.05, 4.69) is 18.7 Å². The van der Waals surface area contributed by atoms with Crippen LogP contribution in [0.2, 0.25) is 0 Å². The zero-order valence-corrected chi connectivity index (χ0v) is 9.15. The standard InChI is InChI=1S/C12H15Cl/c1-9(2)10-7-5-6-8-11(10)12(3,4)13/h5-8H,1H2,2-4H3. The lowest BCUT2D eigenvalue weighted by molar-refractivity contribution is 0.763. The molecule has 0 atom stereocenters. The third kappa shape index (κ3) is 2.35. The molecule has 0 aliphatic carbocycles. The molecular weight excluding hydrogens is 180 g/mol. The monoisotopic (exact) mass is 194 g/mol. The van der Waals surface area contributed by atoms with Gasteiger partial charge in [-0.3, -0.25) is 0 Å². The fourth-order valence-electron chi connectivity index (χ4n) is 1.37. The van der Waals surface area contributed by atoms with E-state index in [4.69, 9.17) is 11.6 Å². The van der Waals surface area contributed by atoms with Crippen LogP contribution in [0.4, 0.5) is 0 Å².